The molecule has 3 nitrogen and oxygen atoms in total. The van der Waals surface area contributed by atoms with Crippen LogP contribution in [0.15, 0.2) is 37.4 Å². The SMILES string of the molecule is C=CCCCC1(CCCC=C)CC(=O)c2ccc(O)c(CCC)c2O1. The van der Waals surface area contributed by atoms with Gasteiger partial charge in [-0.15, -0.1) is 13.2 Å². The third kappa shape index (κ3) is 4.53. The zero-order valence-electron chi connectivity index (χ0n) is 15.4. The van der Waals surface area contributed by atoms with Crippen LogP contribution in [0.3, 0.4) is 0 Å². The van der Waals surface area contributed by atoms with Gasteiger partial charge in [0.25, 0.3) is 0 Å². The highest BCUT2D eigenvalue weighted by atomic mass is 16.5. The van der Waals surface area contributed by atoms with Crippen LogP contribution < -0.4 is 4.74 Å². The number of carbonyl (C=O) groups is 1. The van der Waals surface area contributed by atoms with E-state index in [4.69, 9.17) is 4.74 Å². The molecule has 0 unspecified atom stereocenters. The number of ketones is 1. The summed E-state index contributed by atoms with van der Waals surface area (Å²) in [6, 6.07) is 3.32. The van der Waals surface area contributed by atoms with Crippen molar-refractivity contribution in [3.8, 4) is 11.5 Å². The van der Waals surface area contributed by atoms with E-state index < -0.39 is 5.60 Å². The Balaban J connectivity index is 2.37. The van der Waals surface area contributed by atoms with Gasteiger partial charge in [0.05, 0.1) is 12.0 Å². The molecule has 0 aromatic heterocycles. The molecule has 1 aliphatic rings. The van der Waals surface area contributed by atoms with Crippen molar-refractivity contribution in [1.82, 2.24) is 0 Å². The molecular formula is C22H30O3. The normalized spacial score (nSPS) is 15.3. The molecule has 0 bridgehead atoms. The summed E-state index contributed by atoms with van der Waals surface area (Å²) in [5, 5.41) is 10.3. The molecule has 0 atom stereocenters. The topological polar surface area (TPSA) is 46.5 Å². The van der Waals surface area contributed by atoms with Gasteiger partial charge in [0, 0.05) is 5.56 Å². The number of phenolic OH excluding ortho intramolecular Hbond substituents is 1. The minimum absolute atomic E-state index is 0.121. The van der Waals surface area contributed by atoms with Crippen molar-refractivity contribution in [2.24, 2.45) is 0 Å². The molecule has 1 heterocycles. The molecule has 1 aliphatic heterocycles. The second kappa shape index (κ2) is 8.89. The van der Waals surface area contributed by atoms with Crippen LogP contribution in [0.25, 0.3) is 0 Å². The highest BCUT2D eigenvalue weighted by Crippen LogP contribution is 2.44. The zero-order valence-corrected chi connectivity index (χ0v) is 15.4. The summed E-state index contributed by atoms with van der Waals surface area (Å²) in [6.45, 7) is 9.64. The van der Waals surface area contributed by atoms with Gasteiger partial charge < -0.3 is 9.84 Å². The van der Waals surface area contributed by atoms with Crippen LogP contribution in [0.2, 0.25) is 0 Å². The number of fused-ring (bicyclic) bond motifs is 1. The summed E-state index contributed by atoms with van der Waals surface area (Å²) >= 11 is 0. The average Bonchev–Trinajstić information content (AvgIpc) is 2.58. The molecule has 25 heavy (non-hydrogen) atoms. The number of allylic oxidation sites excluding steroid dienone is 2. The second-order valence-corrected chi connectivity index (χ2v) is 6.94. The Kier molecular flexibility index (Phi) is 6.86. The number of ether oxygens (including phenoxy) is 1. The van der Waals surface area contributed by atoms with Crippen LogP contribution in [0, 0.1) is 0 Å². The standard InChI is InChI=1S/C22H30O3/c1-4-7-9-14-22(15-10-8-5-2)16-20(24)18-12-13-19(23)17(11-6-3)21(18)25-22/h4-5,12-13,23H,1-2,6-11,14-16H2,3H3. The van der Waals surface area contributed by atoms with Crippen molar-refractivity contribution >= 4 is 5.78 Å². The number of rotatable bonds is 10. The number of benzene rings is 1. The minimum atomic E-state index is -0.480. The summed E-state index contributed by atoms with van der Waals surface area (Å²) in [5.74, 6) is 0.951. The van der Waals surface area contributed by atoms with Crippen molar-refractivity contribution in [3.63, 3.8) is 0 Å². The smallest absolute Gasteiger partial charge is 0.170 e. The zero-order chi connectivity index (χ0) is 18.3. The Morgan fingerprint density at radius 2 is 1.84 bits per heavy atom. The van der Waals surface area contributed by atoms with Crippen LogP contribution in [-0.4, -0.2) is 16.5 Å². The Labute approximate surface area is 151 Å². The predicted molar refractivity (Wildman–Crippen MR) is 103 cm³/mol. The highest BCUT2D eigenvalue weighted by Gasteiger charge is 2.40. The largest absolute Gasteiger partial charge is 0.508 e. The number of hydrogen-bond donors (Lipinski definition) is 1. The first-order chi connectivity index (χ1) is 12.1. The first-order valence-corrected chi connectivity index (χ1v) is 9.35. The fourth-order valence-electron chi connectivity index (χ4n) is 3.63. The fraction of sp³-hybridized carbons (Fsp3) is 0.500. The Hall–Kier alpha value is -2.03. The number of Topliss-reactive ketones (excluding diaryl/α,β-unsaturated/α-hetero) is 1. The second-order valence-electron chi connectivity index (χ2n) is 6.94. The fourth-order valence-corrected chi connectivity index (χ4v) is 3.63. The van der Waals surface area contributed by atoms with Crippen molar-refractivity contribution in [1.29, 1.82) is 0 Å². The molecule has 136 valence electrons. The van der Waals surface area contributed by atoms with E-state index in [1.807, 2.05) is 12.2 Å². The summed E-state index contributed by atoms with van der Waals surface area (Å²) in [7, 11) is 0. The number of phenols is 1. The van der Waals surface area contributed by atoms with E-state index in [0.717, 1.165) is 50.5 Å². The molecular weight excluding hydrogens is 312 g/mol. The van der Waals surface area contributed by atoms with Crippen molar-refractivity contribution in [2.75, 3.05) is 0 Å². The van der Waals surface area contributed by atoms with Crippen LogP contribution in [0.5, 0.6) is 11.5 Å². The summed E-state index contributed by atoms with van der Waals surface area (Å²) in [6.07, 6.45) is 11.2. The van der Waals surface area contributed by atoms with Gasteiger partial charge in [0.1, 0.15) is 17.1 Å². The molecule has 1 aromatic rings. The Morgan fingerprint density at radius 3 is 2.40 bits per heavy atom. The number of aromatic hydroxyl groups is 1. The molecule has 0 aliphatic carbocycles. The van der Waals surface area contributed by atoms with E-state index in [1.165, 1.54) is 0 Å². The van der Waals surface area contributed by atoms with Crippen molar-refractivity contribution < 1.29 is 14.6 Å². The van der Waals surface area contributed by atoms with Crippen LogP contribution in [-0.2, 0) is 6.42 Å². The van der Waals surface area contributed by atoms with Crippen molar-refractivity contribution in [2.45, 2.75) is 70.3 Å². The van der Waals surface area contributed by atoms with Gasteiger partial charge in [-0.2, -0.15) is 0 Å². The third-order valence-corrected chi connectivity index (χ3v) is 4.92. The van der Waals surface area contributed by atoms with E-state index in [2.05, 4.69) is 20.1 Å². The van der Waals surface area contributed by atoms with Gasteiger partial charge in [-0.25, -0.2) is 0 Å². The lowest BCUT2D eigenvalue weighted by atomic mass is 9.81. The number of carbonyl (C=O) groups excluding carboxylic acids is 1. The molecule has 2 rings (SSSR count). The van der Waals surface area contributed by atoms with E-state index in [0.29, 0.717) is 24.2 Å². The Morgan fingerprint density at radius 1 is 1.20 bits per heavy atom. The molecule has 0 fully saturated rings. The maximum absolute atomic E-state index is 12.8. The lowest BCUT2D eigenvalue weighted by Crippen LogP contribution is -2.42. The first-order valence-electron chi connectivity index (χ1n) is 9.35. The number of unbranched alkanes of at least 4 members (excludes halogenated alkanes) is 2. The van der Waals surface area contributed by atoms with Gasteiger partial charge in [-0.1, -0.05) is 25.5 Å². The minimum Gasteiger partial charge on any atom is -0.508 e. The lowest BCUT2D eigenvalue weighted by Gasteiger charge is -2.39. The quantitative estimate of drug-likeness (QED) is 0.434. The average molecular weight is 342 g/mol. The predicted octanol–water partition coefficient (Wildman–Crippen LogP) is 5.76. The van der Waals surface area contributed by atoms with Crippen LogP contribution in [0.1, 0.15) is 74.2 Å². The monoisotopic (exact) mass is 342 g/mol. The summed E-state index contributed by atoms with van der Waals surface area (Å²) in [5.41, 5.74) is 0.904. The first kappa shape index (κ1) is 19.3. The van der Waals surface area contributed by atoms with Crippen LogP contribution >= 0.6 is 0 Å². The maximum Gasteiger partial charge on any atom is 0.170 e. The molecule has 0 radical (unpaired) electrons. The Bertz CT molecular complexity index is 616. The van der Waals surface area contributed by atoms with E-state index in [-0.39, 0.29) is 11.5 Å². The van der Waals surface area contributed by atoms with Gasteiger partial charge in [0.2, 0.25) is 0 Å². The molecule has 0 saturated carbocycles. The van der Waals surface area contributed by atoms with Gasteiger partial charge >= 0.3 is 0 Å². The highest BCUT2D eigenvalue weighted by molar-refractivity contribution is 6.01. The molecule has 1 aromatic carbocycles. The van der Waals surface area contributed by atoms with E-state index in [9.17, 15) is 9.90 Å². The third-order valence-electron chi connectivity index (χ3n) is 4.92. The van der Waals surface area contributed by atoms with Gasteiger partial charge in [-0.3, -0.25) is 4.79 Å². The summed E-state index contributed by atoms with van der Waals surface area (Å²) in [4.78, 5) is 12.8. The van der Waals surface area contributed by atoms with Crippen LogP contribution in [0.4, 0.5) is 0 Å². The molecule has 0 saturated heterocycles. The molecule has 1 N–H and O–H groups in total. The number of hydrogen-bond acceptors (Lipinski definition) is 3. The maximum atomic E-state index is 12.8. The molecule has 3 heteroatoms. The molecule has 0 spiro atoms. The lowest BCUT2D eigenvalue weighted by molar-refractivity contribution is 0.0246. The van der Waals surface area contributed by atoms with Gasteiger partial charge in [-0.05, 0) is 57.1 Å². The molecule has 0 amide bonds. The van der Waals surface area contributed by atoms with E-state index in [1.54, 1.807) is 12.1 Å². The summed E-state index contributed by atoms with van der Waals surface area (Å²) < 4.78 is 6.50. The van der Waals surface area contributed by atoms with Crippen molar-refractivity contribution in [3.05, 3.63) is 48.6 Å². The van der Waals surface area contributed by atoms with Gasteiger partial charge in [0.15, 0.2) is 5.78 Å². The van der Waals surface area contributed by atoms with E-state index >= 15 is 0 Å².